The van der Waals surface area contributed by atoms with Gasteiger partial charge < -0.3 is 20.3 Å². The van der Waals surface area contributed by atoms with Crippen molar-refractivity contribution in [3.8, 4) is 11.5 Å². The Bertz CT molecular complexity index is 392. The summed E-state index contributed by atoms with van der Waals surface area (Å²) in [6.07, 6.45) is 0.513. The lowest BCUT2D eigenvalue weighted by atomic mass is 9.90. The van der Waals surface area contributed by atoms with Crippen LogP contribution in [0.2, 0.25) is 0 Å². The molecule has 0 radical (unpaired) electrons. The first kappa shape index (κ1) is 14.3. The van der Waals surface area contributed by atoms with Crippen molar-refractivity contribution in [3.63, 3.8) is 0 Å². The molecule has 0 aliphatic carbocycles. The summed E-state index contributed by atoms with van der Waals surface area (Å²) in [4.78, 5) is 0. The van der Waals surface area contributed by atoms with Crippen molar-refractivity contribution in [3.05, 3.63) is 22.2 Å². The molecule has 5 heteroatoms. The third-order valence-corrected chi connectivity index (χ3v) is 3.66. The minimum atomic E-state index is -1.08. The maximum atomic E-state index is 10.4. The number of ether oxygens (including phenoxy) is 2. The summed E-state index contributed by atoms with van der Waals surface area (Å²) in [6, 6.07) is 3.55. The fourth-order valence-corrected chi connectivity index (χ4v) is 2.38. The van der Waals surface area contributed by atoms with Crippen molar-refractivity contribution in [2.45, 2.75) is 18.9 Å². The van der Waals surface area contributed by atoms with Gasteiger partial charge in [-0.2, -0.15) is 0 Å². The molecule has 0 aliphatic heterocycles. The predicted molar refractivity (Wildman–Crippen MR) is 70.5 cm³/mol. The number of methoxy groups -OCH3 is 2. The van der Waals surface area contributed by atoms with Crippen LogP contribution in [-0.2, 0) is 5.60 Å². The minimum absolute atomic E-state index is 0.138. The van der Waals surface area contributed by atoms with Crippen LogP contribution in [0.4, 0.5) is 0 Å². The van der Waals surface area contributed by atoms with Crippen LogP contribution in [0.3, 0.4) is 0 Å². The molecule has 0 amide bonds. The molecule has 1 aromatic carbocycles. The van der Waals surface area contributed by atoms with E-state index in [4.69, 9.17) is 15.2 Å². The van der Waals surface area contributed by atoms with Crippen molar-refractivity contribution in [1.82, 2.24) is 0 Å². The standard InChI is InChI=1S/C12H18BrNO3/c1-4-12(15,7-14)8-5-6-9(16-2)10(13)11(8)17-3/h5-6,15H,4,7,14H2,1-3H3. The van der Waals surface area contributed by atoms with Gasteiger partial charge in [0.1, 0.15) is 21.6 Å². The van der Waals surface area contributed by atoms with E-state index in [0.29, 0.717) is 28.0 Å². The first-order chi connectivity index (χ1) is 8.03. The van der Waals surface area contributed by atoms with Gasteiger partial charge in [0.25, 0.3) is 0 Å². The zero-order chi connectivity index (χ0) is 13.1. The molecule has 3 N–H and O–H groups in total. The third-order valence-electron chi connectivity index (χ3n) is 2.91. The topological polar surface area (TPSA) is 64.7 Å². The zero-order valence-electron chi connectivity index (χ0n) is 10.3. The monoisotopic (exact) mass is 303 g/mol. The number of hydrogen-bond acceptors (Lipinski definition) is 4. The zero-order valence-corrected chi connectivity index (χ0v) is 11.9. The molecular formula is C12H18BrNO3. The van der Waals surface area contributed by atoms with E-state index in [1.165, 1.54) is 0 Å². The van der Waals surface area contributed by atoms with E-state index in [-0.39, 0.29) is 6.54 Å². The second-order valence-electron chi connectivity index (χ2n) is 3.75. The molecule has 96 valence electrons. The summed E-state index contributed by atoms with van der Waals surface area (Å²) >= 11 is 3.40. The first-order valence-corrected chi connectivity index (χ1v) is 6.16. The highest BCUT2D eigenvalue weighted by Crippen LogP contribution is 2.42. The van der Waals surface area contributed by atoms with Crippen LogP contribution in [0.25, 0.3) is 0 Å². The van der Waals surface area contributed by atoms with Gasteiger partial charge in [-0.15, -0.1) is 0 Å². The van der Waals surface area contributed by atoms with Crippen LogP contribution in [0.15, 0.2) is 16.6 Å². The molecule has 0 fully saturated rings. The average Bonchev–Trinajstić information content (AvgIpc) is 2.37. The van der Waals surface area contributed by atoms with Gasteiger partial charge in [0, 0.05) is 12.1 Å². The van der Waals surface area contributed by atoms with Crippen molar-refractivity contribution >= 4 is 15.9 Å². The van der Waals surface area contributed by atoms with Crippen LogP contribution in [0.5, 0.6) is 11.5 Å². The predicted octanol–water partition coefficient (Wildman–Crippen LogP) is 2.02. The molecule has 1 unspecified atom stereocenters. The van der Waals surface area contributed by atoms with Gasteiger partial charge in [-0.05, 0) is 34.5 Å². The highest BCUT2D eigenvalue weighted by Gasteiger charge is 2.30. The van der Waals surface area contributed by atoms with E-state index < -0.39 is 5.60 Å². The van der Waals surface area contributed by atoms with Crippen molar-refractivity contribution < 1.29 is 14.6 Å². The van der Waals surface area contributed by atoms with Gasteiger partial charge in [0.2, 0.25) is 0 Å². The van der Waals surface area contributed by atoms with Gasteiger partial charge >= 0.3 is 0 Å². The Kier molecular flexibility index (Phi) is 4.80. The maximum Gasteiger partial charge on any atom is 0.142 e. The van der Waals surface area contributed by atoms with Crippen LogP contribution in [0.1, 0.15) is 18.9 Å². The molecule has 0 aromatic heterocycles. The summed E-state index contributed by atoms with van der Waals surface area (Å²) in [6.45, 7) is 2.02. The molecule has 0 bridgehead atoms. The summed E-state index contributed by atoms with van der Waals surface area (Å²) in [5.41, 5.74) is 5.22. The second kappa shape index (κ2) is 5.71. The number of hydrogen-bond donors (Lipinski definition) is 2. The molecule has 1 aromatic rings. The van der Waals surface area contributed by atoms with Crippen LogP contribution in [0, 0.1) is 0 Å². The Hall–Kier alpha value is -0.780. The van der Waals surface area contributed by atoms with E-state index in [9.17, 15) is 5.11 Å². The number of benzene rings is 1. The first-order valence-electron chi connectivity index (χ1n) is 5.37. The van der Waals surface area contributed by atoms with Crippen molar-refractivity contribution in [2.75, 3.05) is 20.8 Å². The number of aliphatic hydroxyl groups is 1. The van der Waals surface area contributed by atoms with Crippen molar-refractivity contribution in [1.29, 1.82) is 0 Å². The summed E-state index contributed by atoms with van der Waals surface area (Å²) < 4.78 is 11.2. The highest BCUT2D eigenvalue weighted by atomic mass is 79.9. The van der Waals surface area contributed by atoms with E-state index in [1.54, 1.807) is 26.4 Å². The number of rotatable bonds is 5. The quantitative estimate of drug-likeness (QED) is 0.873. The van der Waals surface area contributed by atoms with Crippen LogP contribution in [-0.4, -0.2) is 25.9 Å². The third kappa shape index (κ3) is 2.56. The molecular weight excluding hydrogens is 286 g/mol. The Labute approximate surface area is 110 Å². The van der Waals surface area contributed by atoms with Crippen LogP contribution < -0.4 is 15.2 Å². The molecule has 0 aliphatic rings. The average molecular weight is 304 g/mol. The number of nitrogens with two attached hydrogens (primary N) is 1. The lowest BCUT2D eigenvalue weighted by molar-refractivity contribution is 0.0392. The molecule has 0 heterocycles. The smallest absolute Gasteiger partial charge is 0.142 e. The largest absolute Gasteiger partial charge is 0.495 e. The fraction of sp³-hybridized carbons (Fsp3) is 0.500. The molecule has 0 saturated carbocycles. The molecule has 1 rings (SSSR count). The fourth-order valence-electron chi connectivity index (χ4n) is 1.71. The summed E-state index contributed by atoms with van der Waals surface area (Å²) in [7, 11) is 3.13. The van der Waals surface area contributed by atoms with E-state index >= 15 is 0 Å². The SMILES string of the molecule is CCC(O)(CN)c1ccc(OC)c(Br)c1OC. The Balaban J connectivity index is 3.39. The summed E-state index contributed by atoms with van der Waals surface area (Å²) in [5.74, 6) is 1.21. The minimum Gasteiger partial charge on any atom is -0.495 e. The van der Waals surface area contributed by atoms with Crippen molar-refractivity contribution in [2.24, 2.45) is 5.73 Å². The van der Waals surface area contributed by atoms with E-state index in [2.05, 4.69) is 15.9 Å². The molecule has 1 atom stereocenters. The van der Waals surface area contributed by atoms with Gasteiger partial charge in [0.05, 0.1) is 14.2 Å². The Morgan fingerprint density at radius 2 is 2.00 bits per heavy atom. The Morgan fingerprint density at radius 3 is 2.41 bits per heavy atom. The highest BCUT2D eigenvalue weighted by molar-refractivity contribution is 9.10. The maximum absolute atomic E-state index is 10.4. The number of halogens is 1. The Morgan fingerprint density at radius 1 is 1.35 bits per heavy atom. The lowest BCUT2D eigenvalue weighted by Crippen LogP contribution is -2.34. The lowest BCUT2D eigenvalue weighted by Gasteiger charge is -2.28. The second-order valence-corrected chi connectivity index (χ2v) is 4.54. The molecule has 0 saturated heterocycles. The summed E-state index contributed by atoms with van der Waals surface area (Å²) in [5, 5.41) is 10.4. The van der Waals surface area contributed by atoms with Gasteiger partial charge in [0.15, 0.2) is 0 Å². The van der Waals surface area contributed by atoms with E-state index in [0.717, 1.165) is 0 Å². The van der Waals surface area contributed by atoms with Gasteiger partial charge in [-0.3, -0.25) is 0 Å². The molecule has 17 heavy (non-hydrogen) atoms. The molecule has 4 nitrogen and oxygen atoms in total. The van der Waals surface area contributed by atoms with E-state index in [1.807, 2.05) is 6.92 Å². The normalized spacial score (nSPS) is 14.2. The van der Waals surface area contributed by atoms with Gasteiger partial charge in [-0.1, -0.05) is 6.92 Å². The van der Waals surface area contributed by atoms with Gasteiger partial charge in [-0.25, -0.2) is 0 Å². The molecule has 0 spiro atoms. The van der Waals surface area contributed by atoms with Crippen LogP contribution >= 0.6 is 15.9 Å².